The zero-order valence-corrected chi connectivity index (χ0v) is 27.2. The van der Waals surface area contributed by atoms with Gasteiger partial charge < -0.3 is 4.74 Å². The molecule has 0 amide bonds. The van der Waals surface area contributed by atoms with Gasteiger partial charge >= 0.3 is 0 Å². The summed E-state index contributed by atoms with van der Waals surface area (Å²) in [5.74, 6) is 6.74. The molecule has 1 heteroatoms. The van der Waals surface area contributed by atoms with Crippen molar-refractivity contribution < 1.29 is 4.74 Å². The van der Waals surface area contributed by atoms with Crippen molar-refractivity contribution in [3.63, 3.8) is 0 Å². The summed E-state index contributed by atoms with van der Waals surface area (Å²) >= 11 is 0. The molecule has 226 valence electrons. The number of unbranched alkanes of at least 4 members (excludes halogenated alkanes) is 7. The second kappa shape index (κ2) is 14.7. The topological polar surface area (TPSA) is 9.23 Å². The molecule has 4 saturated carbocycles. The standard InChI is InChI=1S/C38H68O/c1-7-8-9-10-11-12-13-14-15-27-39-32-23-25-37(5)31(28-32)19-20-33-35-22-21-34(30(4)18-16-17-29(2)3)38(35,6)26-24-36(33)37/h7,29-36H,1,8-28H2,2-6H3/t30-,31+,32+,33+,34-,35+,36+,37+,38-/m1/s1. The van der Waals surface area contributed by atoms with Crippen LogP contribution in [-0.4, -0.2) is 12.7 Å². The summed E-state index contributed by atoms with van der Waals surface area (Å²) in [4.78, 5) is 0. The lowest BCUT2D eigenvalue weighted by Crippen LogP contribution is -2.54. The lowest BCUT2D eigenvalue weighted by Gasteiger charge is -2.61. The predicted octanol–water partition coefficient (Wildman–Crippen LogP) is 11.8. The number of hydrogen-bond donors (Lipinski definition) is 0. The molecule has 0 aliphatic heterocycles. The lowest BCUT2D eigenvalue weighted by atomic mass is 9.44. The molecular weight excluding hydrogens is 472 g/mol. The third-order valence-electron chi connectivity index (χ3n) is 13.2. The van der Waals surface area contributed by atoms with Crippen molar-refractivity contribution in [2.75, 3.05) is 6.61 Å². The van der Waals surface area contributed by atoms with Gasteiger partial charge in [0.05, 0.1) is 6.10 Å². The summed E-state index contributed by atoms with van der Waals surface area (Å²) in [5, 5.41) is 0. The molecule has 0 saturated heterocycles. The highest BCUT2D eigenvalue weighted by atomic mass is 16.5. The maximum absolute atomic E-state index is 6.53. The maximum Gasteiger partial charge on any atom is 0.0578 e. The monoisotopic (exact) mass is 541 g/mol. The molecule has 4 rings (SSSR count). The molecule has 0 N–H and O–H groups in total. The molecule has 0 aromatic carbocycles. The smallest absolute Gasteiger partial charge is 0.0578 e. The lowest BCUT2D eigenvalue weighted by molar-refractivity contribution is -0.136. The number of hydrogen-bond acceptors (Lipinski definition) is 1. The molecule has 0 aromatic rings. The first-order valence-corrected chi connectivity index (χ1v) is 18.0. The van der Waals surface area contributed by atoms with E-state index in [-0.39, 0.29) is 0 Å². The van der Waals surface area contributed by atoms with Crippen LogP contribution in [0.3, 0.4) is 0 Å². The van der Waals surface area contributed by atoms with Crippen LogP contribution >= 0.6 is 0 Å². The normalized spacial score (nSPS) is 38.7. The zero-order valence-electron chi connectivity index (χ0n) is 27.2. The van der Waals surface area contributed by atoms with Gasteiger partial charge in [-0.05, 0) is 129 Å². The summed E-state index contributed by atoms with van der Waals surface area (Å²) in [7, 11) is 0. The van der Waals surface area contributed by atoms with Crippen molar-refractivity contribution in [1.29, 1.82) is 0 Å². The fourth-order valence-electron chi connectivity index (χ4n) is 10.9. The van der Waals surface area contributed by atoms with Gasteiger partial charge in [0.25, 0.3) is 0 Å². The molecule has 0 heterocycles. The third kappa shape index (κ3) is 7.56. The molecule has 0 spiro atoms. The highest BCUT2D eigenvalue weighted by Crippen LogP contribution is 2.68. The van der Waals surface area contributed by atoms with Crippen LogP contribution in [0, 0.1) is 52.3 Å². The van der Waals surface area contributed by atoms with Gasteiger partial charge in [-0.1, -0.05) is 92.1 Å². The Labute approximate surface area is 245 Å². The Morgan fingerprint density at radius 3 is 2.18 bits per heavy atom. The first-order valence-electron chi connectivity index (χ1n) is 18.0. The van der Waals surface area contributed by atoms with Crippen LogP contribution in [0.1, 0.15) is 163 Å². The SMILES string of the molecule is C=CCCCCCCCCCO[C@H]1CC[C@@]2(C)[C@@H](CC[C@@H]3[C@@H]2CC[C@]2(C)[C@@H]([C@H](C)CCCC(C)C)CC[C@@H]32)C1. The van der Waals surface area contributed by atoms with Crippen molar-refractivity contribution in [2.45, 2.75) is 169 Å². The van der Waals surface area contributed by atoms with Gasteiger partial charge in [0.2, 0.25) is 0 Å². The average molecular weight is 541 g/mol. The maximum atomic E-state index is 6.53. The van der Waals surface area contributed by atoms with Gasteiger partial charge in [-0.3, -0.25) is 0 Å². The third-order valence-corrected chi connectivity index (χ3v) is 13.2. The van der Waals surface area contributed by atoms with Crippen molar-refractivity contribution >= 4 is 0 Å². The molecule has 0 bridgehead atoms. The number of fused-ring (bicyclic) bond motifs is 5. The highest BCUT2D eigenvalue weighted by molar-refractivity contribution is 5.09. The first kappa shape index (κ1) is 31.6. The van der Waals surface area contributed by atoms with E-state index >= 15 is 0 Å². The van der Waals surface area contributed by atoms with Crippen molar-refractivity contribution in [3.05, 3.63) is 12.7 Å². The molecule has 4 aliphatic carbocycles. The summed E-state index contributed by atoms with van der Waals surface area (Å²) in [6, 6.07) is 0. The quantitative estimate of drug-likeness (QED) is 0.140. The van der Waals surface area contributed by atoms with Gasteiger partial charge in [0, 0.05) is 6.61 Å². The van der Waals surface area contributed by atoms with Crippen LogP contribution in [-0.2, 0) is 4.74 Å². The van der Waals surface area contributed by atoms with Crippen LogP contribution < -0.4 is 0 Å². The number of allylic oxidation sites excluding steroid dienone is 1. The summed E-state index contributed by atoms with van der Waals surface area (Å²) in [6.45, 7) is 17.7. The Morgan fingerprint density at radius 1 is 0.744 bits per heavy atom. The minimum atomic E-state index is 0.551. The highest BCUT2D eigenvalue weighted by Gasteiger charge is 2.60. The van der Waals surface area contributed by atoms with Gasteiger partial charge in [0.15, 0.2) is 0 Å². The molecule has 1 nitrogen and oxygen atoms in total. The largest absolute Gasteiger partial charge is 0.378 e. The van der Waals surface area contributed by atoms with E-state index in [0.29, 0.717) is 16.9 Å². The van der Waals surface area contributed by atoms with E-state index in [1.165, 1.54) is 128 Å². The molecule has 9 atom stereocenters. The second-order valence-electron chi connectivity index (χ2n) is 16.0. The van der Waals surface area contributed by atoms with Crippen LogP contribution in [0.25, 0.3) is 0 Å². The van der Waals surface area contributed by atoms with Gasteiger partial charge in [-0.2, -0.15) is 0 Å². The Bertz CT molecular complexity index is 726. The molecule has 0 radical (unpaired) electrons. The van der Waals surface area contributed by atoms with Gasteiger partial charge in [-0.25, -0.2) is 0 Å². The molecule has 39 heavy (non-hydrogen) atoms. The Balaban J connectivity index is 1.21. The molecule has 4 aliphatic rings. The van der Waals surface area contributed by atoms with E-state index in [4.69, 9.17) is 4.74 Å². The minimum Gasteiger partial charge on any atom is -0.378 e. The van der Waals surface area contributed by atoms with Crippen LogP contribution in [0.5, 0.6) is 0 Å². The fourth-order valence-corrected chi connectivity index (χ4v) is 10.9. The zero-order chi connectivity index (χ0) is 27.9. The van der Waals surface area contributed by atoms with Gasteiger partial charge in [0.1, 0.15) is 0 Å². The van der Waals surface area contributed by atoms with E-state index in [2.05, 4.69) is 47.3 Å². The molecule has 0 aromatic heterocycles. The van der Waals surface area contributed by atoms with Crippen LogP contribution in [0.15, 0.2) is 12.7 Å². The van der Waals surface area contributed by atoms with Crippen molar-refractivity contribution in [2.24, 2.45) is 52.3 Å². The predicted molar refractivity (Wildman–Crippen MR) is 170 cm³/mol. The van der Waals surface area contributed by atoms with E-state index in [9.17, 15) is 0 Å². The number of ether oxygens (including phenoxy) is 1. The minimum absolute atomic E-state index is 0.551. The van der Waals surface area contributed by atoms with E-state index < -0.39 is 0 Å². The van der Waals surface area contributed by atoms with Crippen molar-refractivity contribution in [3.8, 4) is 0 Å². The van der Waals surface area contributed by atoms with E-state index in [0.717, 1.165) is 48.0 Å². The Morgan fingerprint density at radius 2 is 1.44 bits per heavy atom. The van der Waals surface area contributed by atoms with E-state index in [1.807, 2.05) is 0 Å². The van der Waals surface area contributed by atoms with Crippen LogP contribution in [0.4, 0.5) is 0 Å². The first-order chi connectivity index (χ1) is 18.8. The molecule has 0 unspecified atom stereocenters. The van der Waals surface area contributed by atoms with Crippen LogP contribution in [0.2, 0.25) is 0 Å². The van der Waals surface area contributed by atoms with Gasteiger partial charge in [-0.15, -0.1) is 6.58 Å². The Kier molecular flexibility index (Phi) is 12.0. The van der Waals surface area contributed by atoms with E-state index in [1.54, 1.807) is 0 Å². The average Bonchev–Trinajstić information content (AvgIpc) is 3.27. The Hall–Kier alpha value is -0.300. The summed E-state index contributed by atoms with van der Waals surface area (Å²) < 4.78 is 6.53. The second-order valence-corrected chi connectivity index (χ2v) is 16.0. The fraction of sp³-hybridized carbons (Fsp3) is 0.947. The summed E-state index contributed by atoms with van der Waals surface area (Å²) in [6.07, 6.45) is 30.9. The molecular formula is C38H68O. The van der Waals surface area contributed by atoms with Crippen molar-refractivity contribution in [1.82, 2.24) is 0 Å². The molecule has 4 fully saturated rings. The number of rotatable bonds is 16. The summed E-state index contributed by atoms with van der Waals surface area (Å²) in [5.41, 5.74) is 1.23.